The molecule has 4 aromatic rings. The summed E-state index contributed by atoms with van der Waals surface area (Å²) in [5, 5.41) is 0.980. The Morgan fingerprint density at radius 2 is 1.87 bits per heavy atom. The number of fused-ring (bicyclic) bond motifs is 2. The minimum absolute atomic E-state index is 0.0283. The molecule has 151 valence electrons. The Bertz CT molecular complexity index is 1140. The first-order valence-corrected chi connectivity index (χ1v) is 10.4. The number of aromatic nitrogens is 1. The first-order valence-electron chi connectivity index (χ1n) is 10.4. The van der Waals surface area contributed by atoms with E-state index in [2.05, 4.69) is 46.6 Å². The van der Waals surface area contributed by atoms with Gasteiger partial charge in [-0.15, -0.1) is 0 Å². The van der Waals surface area contributed by atoms with Crippen molar-refractivity contribution in [1.29, 1.82) is 0 Å². The van der Waals surface area contributed by atoms with Crippen molar-refractivity contribution in [1.82, 2.24) is 4.98 Å². The van der Waals surface area contributed by atoms with Crippen molar-refractivity contribution in [2.75, 3.05) is 11.4 Å². The van der Waals surface area contributed by atoms with Crippen molar-refractivity contribution in [2.45, 2.75) is 25.4 Å². The zero-order valence-electron chi connectivity index (χ0n) is 16.7. The largest absolute Gasteiger partial charge is 0.486 e. The van der Waals surface area contributed by atoms with E-state index in [9.17, 15) is 4.39 Å². The van der Waals surface area contributed by atoms with Crippen LogP contribution in [-0.2, 0) is 6.42 Å². The maximum Gasteiger partial charge on any atom is 0.143 e. The summed E-state index contributed by atoms with van der Waals surface area (Å²) in [5.41, 5.74) is 4.43. The van der Waals surface area contributed by atoms with Crippen LogP contribution in [0.1, 0.15) is 18.4 Å². The number of rotatable bonds is 6. The summed E-state index contributed by atoms with van der Waals surface area (Å²) in [5.74, 6) is 0.728. The van der Waals surface area contributed by atoms with Crippen molar-refractivity contribution in [3.05, 3.63) is 96.8 Å². The number of hydrogen-bond acceptors (Lipinski definition) is 2. The average molecular weight is 399 g/mol. The van der Waals surface area contributed by atoms with E-state index < -0.39 is 0 Å². The van der Waals surface area contributed by atoms with Gasteiger partial charge < -0.3 is 14.6 Å². The van der Waals surface area contributed by atoms with Crippen molar-refractivity contribution >= 4 is 22.3 Å². The molecule has 4 heteroatoms. The fourth-order valence-corrected chi connectivity index (χ4v) is 4.19. The number of unbranched alkanes of at least 4 members (excludes halogenated alkanes) is 1. The molecule has 0 saturated carbocycles. The van der Waals surface area contributed by atoms with Gasteiger partial charge >= 0.3 is 0 Å². The van der Waals surface area contributed by atoms with E-state index in [1.165, 1.54) is 17.3 Å². The molecule has 30 heavy (non-hydrogen) atoms. The number of H-pyrrole nitrogens is 1. The predicted octanol–water partition coefficient (Wildman–Crippen LogP) is 6.43. The molecule has 0 bridgehead atoms. The highest BCUT2D eigenvalue weighted by molar-refractivity contribution is 5.83. The standard InChI is InChI=1S/C26H24FN2O/c27-20-14-15-24-23(16-20)19(17-28-24)8-4-5-11-22-18-29(21-9-2-1-3-10-21)25-12-6-7-13-26(25)30-22/h1-3,6-7,9-17,22,28H,4-5,8,18H2. The molecule has 0 spiro atoms. The monoisotopic (exact) mass is 399 g/mol. The number of aryl methyl sites for hydroxylation is 1. The van der Waals surface area contributed by atoms with Gasteiger partial charge in [0.2, 0.25) is 0 Å². The Morgan fingerprint density at radius 1 is 1.03 bits per heavy atom. The molecule has 3 nitrogen and oxygen atoms in total. The van der Waals surface area contributed by atoms with Gasteiger partial charge in [0.25, 0.3) is 0 Å². The van der Waals surface area contributed by atoms with Gasteiger partial charge in [-0.05, 0) is 67.3 Å². The van der Waals surface area contributed by atoms with Gasteiger partial charge in [-0.3, -0.25) is 0 Å². The zero-order valence-corrected chi connectivity index (χ0v) is 16.7. The van der Waals surface area contributed by atoms with Crippen LogP contribution in [0.25, 0.3) is 10.9 Å². The van der Waals surface area contributed by atoms with Crippen LogP contribution in [0.2, 0.25) is 0 Å². The zero-order chi connectivity index (χ0) is 20.3. The molecule has 1 aliphatic heterocycles. The summed E-state index contributed by atoms with van der Waals surface area (Å²) in [7, 11) is 0. The quantitative estimate of drug-likeness (QED) is 0.378. The van der Waals surface area contributed by atoms with Crippen molar-refractivity contribution in [2.24, 2.45) is 0 Å². The molecule has 1 radical (unpaired) electrons. The lowest BCUT2D eigenvalue weighted by Gasteiger charge is -2.36. The van der Waals surface area contributed by atoms with Gasteiger partial charge in [0, 0.05) is 29.2 Å². The summed E-state index contributed by atoms with van der Waals surface area (Å²) < 4.78 is 19.8. The maximum atomic E-state index is 13.6. The minimum Gasteiger partial charge on any atom is -0.486 e. The van der Waals surface area contributed by atoms with Crippen LogP contribution in [0, 0.1) is 12.2 Å². The van der Waals surface area contributed by atoms with Gasteiger partial charge in [-0.2, -0.15) is 0 Å². The Balaban J connectivity index is 1.24. The molecule has 1 aromatic heterocycles. The number of para-hydroxylation sites is 3. The van der Waals surface area contributed by atoms with Gasteiger partial charge in [0.1, 0.15) is 17.7 Å². The van der Waals surface area contributed by atoms with Crippen LogP contribution in [0.15, 0.2) is 79.0 Å². The third-order valence-electron chi connectivity index (χ3n) is 5.67. The number of ether oxygens (including phenoxy) is 1. The van der Waals surface area contributed by atoms with Crippen LogP contribution in [0.3, 0.4) is 0 Å². The van der Waals surface area contributed by atoms with E-state index in [4.69, 9.17) is 4.74 Å². The molecule has 0 saturated heterocycles. The number of nitrogens with one attached hydrogen (secondary N) is 1. The number of nitrogens with zero attached hydrogens (tertiary/aromatic N) is 1. The molecule has 2 heterocycles. The SMILES string of the molecule is Fc1ccc2[nH]cc(CCC[CH]C3CN(c4ccccc4)c4ccccc4O3)c2c1. The average Bonchev–Trinajstić information content (AvgIpc) is 3.18. The van der Waals surface area contributed by atoms with Gasteiger partial charge in [-0.1, -0.05) is 30.3 Å². The number of hydrogen-bond donors (Lipinski definition) is 1. The van der Waals surface area contributed by atoms with Crippen molar-refractivity contribution < 1.29 is 9.13 Å². The fraction of sp³-hybridized carbons (Fsp3) is 0.192. The summed E-state index contributed by atoms with van der Waals surface area (Å²) in [6, 6.07) is 23.5. The Morgan fingerprint density at radius 3 is 2.77 bits per heavy atom. The molecule has 0 fully saturated rings. The lowest BCUT2D eigenvalue weighted by molar-refractivity contribution is 0.224. The number of benzene rings is 3. The molecule has 3 aromatic carbocycles. The first kappa shape index (κ1) is 18.7. The molecular formula is C26H24FN2O. The third-order valence-corrected chi connectivity index (χ3v) is 5.67. The minimum atomic E-state index is -0.190. The second kappa shape index (κ2) is 8.23. The van der Waals surface area contributed by atoms with E-state index >= 15 is 0 Å². The third kappa shape index (κ3) is 3.78. The molecular weight excluding hydrogens is 375 g/mol. The highest BCUT2D eigenvalue weighted by Gasteiger charge is 2.26. The van der Waals surface area contributed by atoms with E-state index in [-0.39, 0.29) is 11.9 Å². The molecule has 1 atom stereocenters. The Kier molecular flexibility index (Phi) is 5.14. The second-order valence-corrected chi connectivity index (χ2v) is 7.70. The van der Waals surface area contributed by atoms with E-state index in [0.717, 1.165) is 48.1 Å². The Hall–Kier alpha value is -3.27. The summed E-state index contributed by atoms with van der Waals surface area (Å²) in [4.78, 5) is 5.55. The molecule has 1 N–H and O–H groups in total. The molecule has 5 rings (SSSR count). The molecule has 0 amide bonds. The molecule has 1 aliphatic rings. The van der Waals surface area contributed by atoms with E-state index in [0.29, 0.717) is 0 Å². The lowest BCUT2D eigenvalue weighted by Crippen LogP contribution is -2.37. The van der Waals surface area contributed by atoms with Crippen LogP contribution < -0.4 is 9.64 Å². The topological polar surface area (TPSA) is 28.3 Å². The predicted molar refractivity (Wildman–Crippen MR) is 120 cm³/mol. The van der Waals surface area contributed by atoms with Crippen molar-refractivity contribution in [3.63, 3.8) is 0 Å². The summed E-state index contributed by atoms with van der Waals surface area (Å²) in [6.07, 6.45) is 7.13. The lowest BCUT2D eigenvalue weighted by atomic mass is 10.0. The van der Waals surface area contributed by atoms with Crippen molar-refractivity contribution in [3.8, 4) is 5.75 Å². The summed E-state index contributed by atoms with van der Waals surface area (Å²) in [6.45, 7) is 0.791. The Labute approximate surface area is 176 Å². The highest BCUT2D eigenvalue weighted by Crippen LogP contribution is 2.38. The summed E-state index contributed by atoms with van der Waals surface area (Å²) >= 11 is 0. The molecule has 0 aliphatic carbocycles. The maximum absolute atomic E-state index is 13.6. The smallest absolute Gasteiger partial charge is 0.143 e. The first-order chi connectivity index (χ1) is 14.8. The normalized spacial score (nSPS) is 15.8. The number of aromatic amines is 1. The number of anilines is 2. The van der Waals surface area contributed by atoms with Crippen LogP contribution in [0.5, 0.6) is 5.75 Å². The van der Waals surface area contributed by atoms with Crippen LogP contribution >= 0.6 is 0 Å². The number of halogens is 1. The highest BCUT2D eigenvalue weighted by atomic mass is 19.1. The van der Waals surface area contributed by atoms with E-state index in [1.807, 2.05) is 30.5 Å². The van der Waals surface area contributed by atoms with Crippen LogP contribution in [0.4, 0.5) is 15.8 Å². The van der Waals surface area contributed by atoms with Gasteiger partial charge in [0.15, 0.2) is 0 Å². The second-order valence-electron chi connectivity index (χ2n) is 7.70. The molecule has 1 unspecified atom stereocenters. The van der Waals surface area contributed by atoms with Crippen LogP contribution in [-0.4, -0.2) is 17.6 Å². The van der Waals surface area contributed by atoms with E-state index in [1.54, 1.807) is 12.1 Å². The van der Waals surface area contributed by atoms with Gasteiger partial charge in [0.05, 0.1) is 12.2 Å². The van der Waals surface area contributed by atoms with Gasteiger partial charge in [-0.25, -0.2) is 4.39 Å². The fourth-order valence-electron chi connectivity index (χ4n) is 4.19.